The molecule has 2 rings (SSSR count). The van der Waals surface area contributed by atoms with Gasteiger partial charge in [-0.3, -0.25) is 4.79 Å². The lowest BCUT2D eigenvalue weighted by Gasteiger charge is -2.17. The first kappa shape index (κ1) is 14.9. The van der Waals surface area contributed by atoms with Crippen LogP contribution in [0.2, 0.25) is 0 Å². The van der Waals surface area contributed by atoms with Crippen LogP contribution in [0.15, 0.2) is 18.2 Å². The Morgan fingerprint density at radius 1 is 1.45 bits per heavy atom. The maximum Gasteiger partial charge on any atom is 0.237 e. The number of benzene rings is 1. The third kappa shape index (κ3) is 4.00. The second-order valence-corrected chi connectivity index (χ2v) is 5.35. The van der Waals surface area contributed by atoms with Gasteiger partial charge in [-0.1, -0.05) is 6.07 Å². The molecule has 0 aromatic heterocycles. The Bertz CT molecular complexity index is 473. The zero-order valence-electron chi connectivity index (χ0n) is 11.6. The van der Waals surface area contributed by atoms with E-state index >= 15 is 0 Å². The van der Waals surface area contributed by atoms with Crippen molar-refractivity contribution >= 4 is 5.91 Å². The van der Waals surface area contributed by atoms with Crippen molar-refractivity contribution in [2.75, 3.05) is 6.54 Å². The van der Waals surface area contributed by atoms with Gasteiger partial charge in [0.1, 0.15) is 0 Å². The third-order valence-corrected chi connectivity index (χ3v) is 3.62. The first-order chi connectivity index (χ1) is 9.56. The number of aryl methyl sites for hydroxylation is 1. The first-order valence-corrected chi connectivity index (χ1v) is 7.04. The van der Waals surface area contributed by atoms with Crippen LogP contribution in [-0.2, 0) is 11.2 Å². The third-order valence-electron chi connectivity index (χ3n) is 3.62. The van der Waals surface area contributed by atoms with Crippen LogP contribution in [0.4, 0.5) is 8.78 Å². The fourth-order valence-corrected chi connectivity index (χ4v) is 2.40. The molecule has 1 aromatic carbocycles. The van der Waals surface area contributed by atoms with Crippen molar-refractivity contribution in [1.29, 1.82) is 0 Å². The van der Waals surface area contributed by atoms with E-state index in [0.717, 1.165) is 31.0 Å². The van der Waals surface area contributed by atoms with Gasteiger partial charge in [0.15, 0.2) is 11.6 Å². The number of halogens is 2. The lowest BCUT2D eigenvalue weighted by molar-refractivity contribution is -0.123. The van der Waals surface area contributed by atoms with Gasteiger partial charge in [-0.2, -0.15) is 0 Å². The van der Waals surface area contributed by atoms with Gasteiger partial charge >= 0.3 is 0 Å². The molecule has 1 saturated heterocycles. The Morgan fingerprint density at radius 3 is 2.90 bits per heavy atom. The van der Waals surface area contributed by atoms with Crippen LogP contribution in [0.5, 0.6) is 0 Å². The minimum Gasteiger partial charge on any atom is -0.352 e. The Hall–Kier alpha value is -1.49. The van der Waals surface area contributed by atoms with E-state index in [1.54, 1.807) is 6.07 Å². The molecular weight excluding hydrogens is 262 g/mol. The number of amides is 1. The monoisotopic (exact) mass is 282 g/mol. The van der Waals surface area contributed by atoms with Crippen molar-refractivity contribution in [3.05, 3.63) is 35.4 Å². The summed E-state index contributed by atoms with van der Waals surface area (Å²) in [5, 5.41) is 6.09. The molecule has 0 aliphatic carbocycles. The van der Waals surface area contributed by atoms with E-state index in [4.69, 9.17) is 0 Å². The van der Waals surface area contributed by atoms with Crippen molar-refractivity contribution in [2.24, 2.45) is 0 Å². The lowest BCUT2D eigenvalue weighted by Crippen LogP contribution is -2.44. The van der Waals surface area contributed by atoms with Crippen LogP contribution in [0, 0.1) is 11.6 Å². The number of hydrogen-bond acceptors (Lipinski definition) is 2. The van der Waals surface area contributed by atoms with Crippen LogP contribution in [0.1, 0.15) is 31.7 Å². The molecule has 20 heavy (non-hydrogen) atoms. The summed E-state index contributed by atoms with van der Waals surface area (Å²) >= 11 is 0. The highest BCUT2D eigenvalue weighted by molar-refractivity contribution is 5.82. The molecule has 2 N–H and O–H groups in total. The molecule has 110 valence electrons. The Kier molecular flexibility index (Phi) is 5.06. The molecule has 1 aliphatic heterocycles. The van der Waals surface area contributed by atoms with Crippen molar-refractivity contribution in [1.82, 2.24) is 10.6 Å². The molecule has 3 nitrogen and oxygen atoms in total. The summed E-state index contributed by atoms with van der Waals surface area (Å²) < 4.78 is 25.9. The molecule has 0 spiro atoms. The van der Waals surface area contributed by atoms with E-state index in [-0.39, 0.29) is 18.0 Å². The standard InChI is InChI=1S/C15H20F2N2O/c1-10(19-15(20)14-3-2-8-18-14)4-5-11-6-7-12(16)13(17)9-11/h6-7,9-10,14,18H,2-5,8H2,1H3,(H,19,20)/t10-,14+/m0/s1. The molecule has 1 heterocycles. The molecule has 2 atom stereocenters. The van der Waals surface area contributed by atoms with Crippen LogP contribution in [0.3, 0.4) is 0 Å². The van der Waals surface area contributed by atoms with E-state index < -0.39 is 11.6 Å². The zero-order chi connectivity index (χ0) is 14.5. The number of carbonyl (C=O) groups excluding carboxylic acids is 1. The predicted octanol–water partition coefficient (Wildman–Crippen LogP) is 2.15. The van der Waals surface area contributed by atoms with Gasteiger partial charge in [0.05, 0.1) is 6.04 Å². The molecule has 1 aliphatic rings. The highest BCUT2D eigenvalue weighted by Crippen LogP contribution is 2.12. The van der Waals surface area contributed by atoms with Crippen molar-refractivity contribution in [3.63, 3.8) is 0 Å². The summed E-state index contributed by atoms with van der Waals surface area (Å²) in [7, 11) is 0. The summed E-state index contributed by atoms with van der Waals surface area (Å²) in [4.78, 5) is 11.9. The molecule has 1 fully saturated rings. The van der Waals surface area contributed by atoms with Crippen molar-refractivity contribution < 1.29 is 13.6 Å². The largest absolute Gasteiger partial charge is 0.352 e. The molecule has 0 bridgehead atoms. The average molecular weight is 282 g/mol. The topological polar surface area (TPSA) is 41.1 Å². The van der Waals surface area contributed by atoms with Crippen molar-refractivity contribution in [2.45, 2.75) is 44.7 Å². The van der Waals surface area contributed by atoms with Gasteiger partial charge in [-0.15, -0.1) is 0 Å². The SMILES string of the molecule is C[C@@H](CCc1ccc(F)c(F)c1)NC(=O)[C@H]1CCCN1. The molecule has 0 unspecified atom stereocenters. The molecule has 1 amide bonds. The molecule has 5 heteroatoms. The normalized spacial score (nSPS) is 19.9. The average Bonchev–Trinajstić information content (AvgIpc) is 2.94. The minimum atomic E-state index is -0.831. The predicted molar refractivity (Wildman–Crippen MR) is 73.3 cm³/mol. The van der Waals surface area contributed by atoms with Crippen LogP contribution in [0.25, 0.3) is 0 Å². The van der Waals surface area contributed by atoms with Gasteiger partial charge in [0.2, 0.25) is 5.91 Å². The van der Waals surface area contributed by atoms with Crippen LogP contribution in [-0.4, -0.2) is 24.5 Å². The summed E-state index contributed by atoms with van der Waals surface area (Å²) in [6.45, 7) is 2.81. The molecular formula is C15H20F2N2O. The Morgan fingerprint density at radius 2 is 2.25 bits per heavy atom. The maximum atomic E-state index is 13.1. The Labute approximate surface area is 117 Å². The van der Waals surface area contributed by atoms with Gasteiger partial charge in [0, 0.05) is 6.04 Å². The van der Waals surface area contributed by atoms with Gasteiger partial charge in [0.25, 0.3) is 0 Å². The number of rotatable bonds is 5. The van der Waals surface area contributed by atoms with E-state index in [1.807, 2.05) is 6.92 Å². The zero-order valence-corrected chi connectivity index (χ0v) is 11.6. The van der Waals surface area contributed by atoms with Gasteiger partial charge in [-0.05, 0) is 56.8 Å². The van der Waals surface area contributed by atoms with Crippen LogP contribution >= 0.6 is 0 Å². The molecule has 0 saturated carbocycles. The minimum absolute atomic E-state index is 0.0121. The maximum absolute atomic E-state index is 13.1. The van der Waals surface area contributed by atoms with E-state index in [2.05, 4.69) is 10.6 Å². The number of hydrogen-bond donors (Lipinski definition) is 2. The van der Waals surface area contributed by atoms with E-state index in [9.17, 15) is 13.6 Å². The smallest absolute Gasteiger partial charge is 0.237 e. The number of carbonyl (C=O) groups is 1. The fourth-order valence-electron chi connectivity index (χ4n) is 2.40. The lowest BCUT2D eigenvalue weighted by atomic mass is 10.1. The fraction of sp³-hybridized carbons (Fsp3) is 0.533. The van der Waals surface area contributed by atoms with Gasteiger partial charge in [-0.25, -0.2) is 8.78 Å². The first-order valence-electron chi connectivity index (χ1n) is 7.04. The Balaban J connectivity index is 1.78. The molecule has 1 aromatic rings. The van der Waals surface area contributed by atoms with Gasteiger partial charge < -0.3 is 10.6 Å². The second-order valence-electron chi connectivity index (χ2n) is 5.35. The summed E-state index contributed by atoms with van der Waals surface area (Å²) in [5.41, 5.74) is 0.740. The number of nitrogens with one attached hydrogen (secondary N) is 2. The van der Waals surface area contributed by atoms with Crippen molar-refractivity contribution in [3.8, 4) is 0 Å². The van der Waals surface area contributed by atoms with Crippen LogP contribution < -0.4 is 10.6 Å². The second kappa shape index (κ2) is 6.79. The quantitative estimate of drug-likeness (QED) is 0.869. The van der Waals surface area contributed by atoms with E-state index in [1.165, 1.54) is 6.07 Å². The summed E-state index contributed by atoms with van der Waals surface area (Å²) in [6, 6.07) is 3.85. The molecule has 0 radical (unpaired) electrons. The summed E-state index contributed by atoms with van der Waals surface area (Å²) in [6.07, 6.45) is 3.21. The highest BCUT2D eigenvalue weighted by atomic mass is 19.2. The van der Waals surface area contributed by atoms with E-state index in [0.29, 0.717) is 12.8 Å². The highest BCUT2D eigenvalue weighted by Gasteiger charge is 2.22. The summed E-state index contributed by atoms with van der Waals surface area (Å²) in [5.74, 6) is -1.63.